The minimum absolute atomic E-state index is 0.171. The maximum atomic E-state index is 11.9. The number of hydrogen-bond donors (Lipinski definition) is 1. The number of amides is 1. The summed E-state index contributed by atoms with van der Waals surface area (Å²) in [4.78, 5) is 11.5. The third-order valence-electron chi connectivity index (χ3n) is 2.50. The van der Waals surface area contributed by atoms with Crippen molar-refractivity contribution in [2.45, 2.75) is 12.2 Å². The molecule has 0 aliphatic carbocycles. The first-order chi connectivity index (χ1) is 9.43. The van der Waals surface area contributed by atoms with Crippen molar-refractivity contribution < 1.29 is 17.9 Å². The molecule has 20 heavy (non-hydrogen) atoms. The minimum Gasteiger partial charge on any atom is -0.385 e. The van der Waals surface area contributed by atoms with Crippen molar-refractivity contribution in [1.82, 2.24) is 5.32 Å². The topological polar surface area (TPSA) is 72.5 Å². The lowest BCUT2D eigenvalue weighted by molar-refractivity contribution is -0.118. The van der Waals surface area contributed by atoms with Crippen LogP contribution in [0.2, 0.25) is 5.02 Å². The monoisotopic (exact) mass is 319 g/mol. The summed E-state index contributed by atoms with van der Waals surface area (Å²) in [6, 6.07) is 6.52. The third-order valence-corrected chi connectivity index (χ3v) is 4.23. The van der Waals surface area contributed by atoms with Gasteiger partial charge in [0.15, 0.2) is 9.84 Å². The molecule has 0 aliphatic rings. The molecule has 0 saturated carbocycles. The quantitative estimate of drug-likeness (QED) is 0.735. The molecule has 112 valence electrons. The number of halogens is 1. The largest absolute Gasteiger partial charge is 0.385 e. The summed E-state index contributed by atoms with van der Waals surface area (Å²) in [6.45, 7) is 0.931. The van der Waals surface area contributed by atoms with Crippen LogP contribution in [0, 0.1) is 0 Å². The summed E-state index contributed by atoms with van der Waals surface area (Å²) in [5, 5.41) is 3.09. The normalized spacial score (nSPS) is 11.3. The van der Waals surface area contributed by atoms with Gasteiger partial charge in [0, 0.05) is 25.3 Å². The smallest absolute Gasteiger partial charge is 0.235 e. The van der Waals surface area contributed by atoms with Crippen molar-refractivity contribution in [3.8, 4) is 0 Å². The van der Waals surface area contributed by atoms with E-state index in [-0.39, 0.29) is 5.75 Å². The number of carbonyl (C=O) groups excluding carboxylic acids is 1. The lowest BCUT2D eigenvalue weighted by Gasteiger charge is -2.06. The van der Waals surface area contributed by atoms with E-state index in [1.54, 1.807) is 31.4 Å². The number of ether oxygens (including phenoxy) is 1. The number of sulfone groups is 1. The van der Waals surface area contributed by atoms with Crippen LogP contribution >= 0.6 is 11.6 Å². The highest BCUT2D eigenvalue weighted by Crippen LogP contribution is 2.12. The van der Waals surface area contributed by atoms with Crippen LogP contribution in [0.3, 0.4) is 0 Å². The van der Waals surface area contributed by atoms with Gasteiger partial charge in [-0.1, -0.05) is 23.7 Å². The summed E-state index contributed by atoms with van der Waals surface area (Å²) in [7, 11) is -1.91. The van der Waals surface area contributed by atoms with Gasteiger partial charge < -0.3 is 10.1 Å². The van der Waals surface area contributed by atoms with E-state index >= 15 is 0 Å². The van der Waals surface area contributed by atoms with Gasteiger partial charge in [-0.25, -0.2) is 8.42 Å². The van der Waals surface area contributed by atoms with E-state index in [1.165, 1.54) is 0 Å². The van der Waals surface area contributed by atoms with Crippen LogP contribution in [0.25, 0.3) is 0 Å². The highest BCUT2D eigenvalue weighted by molar-refractivity contribution is 7.91. The number of benzene rings is 1. The molecule has 1 amide bonds. The molecule has 0 heterocycles. The molecule has 0 unspecified atom stereocenters. The first-order valence-electron chi connectivity index (χ1n) is 6.13. The molecule has 0 atom stereocenters. The fourth-order valence-corrected chi connectivity index (χ4v) is 3.01. The Morgan fingerprint density at radius 3 is 2.55 bits per heavy atom. The van der Waals surface area contributed by atoms with Crippen LogP contribution < -0.4 is 5.32 Å². The lowest BCUT2D eigenvalue weighted by Crippen LogP contribution is -2.31. The SMILES string of the molecule is COCCCNC(=O)CS(=O)(=O)Cc1ccc(Cl)cc1. The van der Waals surface area contributed by atoms with Gasteiger partial charge in [0.25, 0.3) is 0 Å². The van der Waals surface area contributed by atoms with Crippen LogP contribution in [0.1, 0.15) is 12.0 Å². The number of carbonyl (C=O) groups is 1. The van der Waals surface area contributed by atoms with Gasteiger partial charge >= 0.3 is 0 Å². The maximum Gasteiger partial charge on any atom is 0.235 e. The molecule has 0 spiro atoms. The van der Waals surface area contributed by atoms with Crippen LogP contribution in [-0.2, 0) is 25.1 Å². The predicted molar refractivity (Wildman–Crippen MR) is 78.4 cm³/mol. The Hall–Kier alpha value is -1.11. The summed E-state index contributed by atoms with van der Waals surface area (Å²) >= 11 is 5.73. The van der Waals surface area contributed by atoms with Gasteiger partial charge in [-0.05, 0) is 24.1 Å². The van der Waals surface area contributed by atoms with Crippen molar-refractivity contribution in [3.63, 3.8) is 0 Å². The minimum atomic E-state index is -3.48. The van der Waals surface area contributed by atoms with E-state index < -0.39 is 21.5 Å². The van der Waals surface area contributed by atoms with E-state index in [9.17, 15) is 13.2 Å². The zero-order valence-corrected chi connectivity index (χ0v) is 12.8. The van der Waals surface area contributed by atoms with Crippen molar-refractivity contribution in [2.75, 3.05) is 26.0 Å². The third kappa shape index (κ3) is 6.88. The molecule has 1 N–H and O–H groups in total. The van der Waals surface area contributed by atoms with Crippen molar-refractivity contribution in [3.05, 3.63) is 34.9 Å². The Morgan fingerprint density at radius 1 is 1.30 bits per heavy atom. The Balaban J connectivity index is 2.44. The molecule has 1 aromatic rings. The fraction of sp³-hybridized carbons (Fsp3) is 0.462. The molecule has 0 fully saturated rings. The van der Waals surface area contributed by atoms with Gasteiger partial charge in [0.05, 0.1) is 5.75 Å². The van der Waals surface area contributed by atoms with Crippen LogP contribution in [0.15, 0.2) is 24.3 Å². The second-order valence-corrected chi connectivity index (χ2v) is 6.86. The van der Waals surface area contributed by atoms with E-state index in [4.69, 9.17) is 16.3 Å². The van der Waals surface area contributed by atoms with E-state index in [0.717, 1.165) is 0 Å². The zero-order valence-electron chi connectivity index (χ0n) is 11.3. The molecular weight excluding hydrogens is 302 g/mol. The molecule has 1 aromatic carbocycles. The summed E-state index contributed by atoms with van der Waals surface area (Å²) < 4.78 is 28.6. The number of hydrogen-bond acceptors (Lipinski definition) is 4. The zero-order chi connectivity index (χ0) is 15.0. The average molecular weight is 320 g/mol. The molecule has 0 aromatic heterocycles. The Morgan fingerprint density at radius 2 is 1.95 bits per heavy atom. The molecule has 0 saturated heterocycles. The second-order valence-electron chi connectivity index (χ2n) is 4.36. The number of rotatable bonds is 8. The molecule has 1 rings (SSSR count). The fourth-order valence-electron chi connectivity index (χ4n) is 1.58. The Kier molecular flexibility index (Phi) is 6.98. The summed E-state index contributed by atoms with van der Waals surface area (Å²) in [6.07, 6.45) is 0.652. The van der Waals surface area contributed by atoms with E-state index in [2.05, 4.69) is 5.32 Å². The number of methoxy groups -OCH3 is 1. The highest BCUT2D eigenvalue weighted by Gasteiger charge is 2.17. The van der Waals surface area contributed by atoms with Gasteiger partial charge in [-0.2, -0.15) is 0 Å². The molecule has 0 aliphatic heterocycles. The molecule has 0 bridgehead atoms. The van der Waals surface area contributed by atoms with E-state index in [0.29, 0.717) is 30.2 Å². The summed E-state index contributed by atoms with van der Waals surface area (Å²) in [5.41, 5.74) is 0.613. The standard InChI is InChI=1S/C13H18ClNO4S/c1-19-8-2-7-15-13(16)10-20(17,18)9-11-3-5-12(14)6-4-11/h3-6H,2,7-10H2,1H3,(H,15,16). The van der Waals surface area contributed by atoms with Crippen molar-refractivity contribution in [1.29, 1.82) is 0 Å². The second kappa shape index (κ2) is 8.24. The van der Waals surface area contributed by atoms with E-state index in [1.807, 2.05) is 0 Å². The lowest BCUT2D eigenvalue weighted by atomic mass is 10.2. The van der Waals surface area contributed by atoms with Gasteiger partial charge in [0.2, 0.25) is 5.91 Å². The maximum absolute atomic E-state index is 11.9. The Bertz CT molecular complexity index is 528. The first kappa shape index (κ1) is 16.9. The number of nitrogens with one attached hydrogen (secondary N) is 1. The molecule has 5 nitrogen and oxygen atoms in total. The Labute approximate surface area is 124 Å². The van der Waals surface area contributed by atoms with Crippen LogP contribution in [-0.4, -0.2) is 40.3 Å². The summed E-state index contributed by atoms with van der Waals surface area (Å²) in [5.74, 6) is -1.17. The van der Waals surface area contributed by atoms with Crippen LogP contribution in [0.5, 0.6) is 0 Å². The molecule has 7 heteroatoms. The van der Waals surface area contributed by atoms with Gasteiger partial charge in [-0.3, -0.25) is 4.79 Å². The predicted octanol–water partition coefficient (Wildman–Crippen LogP) is 1.41. The van der Waals surface area contributed by atoms with Gasteiger partial charge in [-0.15, -0.1) is 0 Å². The highest BCUT2D eigenvalue weighted by atomic mass is 35.5. The first-order valence-corrected chi connectivity index (χ1v) is 8.33. The molecule has 0 radical (unpaired) electrons. The van der Waals surface area contributed by atoms with Crippen LogP contribution in [0.4, 0.5) is 0 Å². The van der Waals surface area contributed by atoms with Gasteiger partial charge in [0.1, 0.15) is 5.75 Å². The van der Waals surface area contributed by atoms with Crippen molar-refractivity contribution >= 4 is 27.3 Å². The van der Waals surface area contributed by atoms with Crippen molar-refractivity contribution in [2.24, 2.45) is 0 Å². The molecular formula is C13H18ClNO4S. The average Bonchev–Trinajstić information content (AvgIpc) is 2.36.